The number of nitrogens with two attached hydrogens (primary N) is 1. The first-order chi connectivity index (χ1) is 10.6. The van der Waals surface area contributed by atoms with Gasteiger partial charge >= 0.3 is 0 Å². The van der Waals surface area contributed by atoms with Crippen molar-refractivity contribution < 1.29 is 9.18 Å². The summed E-state index contributed by atoms with van der Waals surface area (Å²) in [6.07, 6.45) is 0.836. The van der Waals surface area contributed by atoms with Crippen LogP contribution >= 0.6 is 11.3 Å². The van der Waals surface area contributed by atoms with Gasteiger partial charge in [0.1, 0.15) is 16.5 Å². The smallest absolute Gasteiger partial charge is 0.273 e. The Balaban J connectivity index is 1.88. The van der Waals surface area contributed by atoms with E-state index in [0.717, 1.165) is 17.0 Å². The fourth-order valence-corrected chi connectivity index (χ4v) is 3.60. The Bertz CT molecular complexity index is 688. The number of benzene rings is 1. The SMILES string of the molecule is C[C@H]1C[C@@H](c2cccc(F)c2)N(C(=O)c2csc(CN)n2)C1. The van der Waals surface area contributed by atoms with Crippen molar-refractivity contribution in [3.05, 3.63) is 51.7 Å². The number of carbonyl (C=O) groups is 1. The molecule has 1 aliphatic rings. The summed E-state index contributed by atoms with van der Waals surface area (Å²) >= 11 is 1.39. The highest BCUT2D eigenvalue weighted by Gasteiger charge is 2.35. The number of likely N-dealkylation sites (tertiary alicyclic amines) is 1. The molecule has 0 aliphatic carbocycles. The van der Waals surface area contributed by atoms with E-state index in [1.807, 2.05) is 6.07 Å². The number of rotatable bonds is 3. The average Bonchev–Trinajstić information content (AvgIpc) is 3.13. The van der Waals surface area contributed by atoms with Gasteiger partial charge in [-0.3, -0.25) is 4.79 Å². The summed E-state index contributed by atoms with van der Waals surface area (Å²) in [6, 6.07) is 6.39. The largest absolute Gasteiger partial charge is 0.330 e. The standard InChI is InChI=1S/C16H18FN3OS/c1-10-5-14(11-3-2-4-12(17)6-11)20(8-10)16(21)13-9-22-15(7-18)19-13/h2-4,6,9-10,14H,5,7-8,18H2,1H3/t10-,14-/m0/s1. The molecule has 0 bridgehead atoms. The molecule has 3 rings (SSSR count). The van der Waals surface area contributed by atoms with E-state index in [0.29, 0.717) is 24.7 Å². The molecular weight excluding hydrogens is 301 g/mol. The Morgan fingerprint density at radius 1 is 1.55 bits per heavy atom. The number of amides is 1. The fourth-order valence-electron chi connectivity index (χ4n) is 2.95. The Hall–Kier alpha value is -1.79. The van der Waals surface area contributed by atoms with Gasteiger partial charge in [0.2, 0.25) is 0 Å². The number of carbonyl (C=O) groups excluding carboxylic acids is 1. The van der Waals surface area contributed by atoms with Gasteiger partial charge in [0.15, 0.2) is 0 Å². The Labute approximate surface area is 132 Å². The normalized spacial score (nSPS) is 21.3. The topological polar surface area (TPSA) is 59.2 Å². The van der Waals surface area contributed by atoms with Gasteiger partial charge in [0.25, 0.3) is 5.91 Å². The van der Waals surface area contributed by atoms with E-state index >= 15 is 0 Å². The van der Waals surface area contributed by atoms with Crippen LogP contribution < -0.4 is 5.73 Å². The lowest BCUT2D eigenvalue weighted by atomic mass is 10.0. The third-order valence-electron chi connectivity index (χ3n) is 3.95. The number of hydrogen-bond acceptors (Lipinski definition) is 4. The van der Waals surface area contributed by atoms with E-state index in [9.17, 15) is 9.18 Å². The van der Waals surface area contributed by atoms with Gasteiger partial charge in [-0.15, -0.1) is 11.3 Å². The molecule has 0 radical (unpaired) electrons. The van der Waals surface area contributed by atoms with E-state index in [4.69, 9.17) is 5.73 Å². The highest BCUT2D eigenvalue weighted by Crippen LogP contribution is 2.36. The molecule has 1 aliphatic heterocycles. The molecule has 1 fully saturated rings. The third kappa shape index (κ3) is 2.89. The van der Waals surface area contributed by atoms with Crippen LogP contribution in [0.1, 0.15) is 40.4 Å². The summed E-state index contributed by atoms with van der Waals surface area (Å²) < 4.78 is 13.5. The van der Waals surface area contributed by atoms with E-state index in [2.05, 4.69) is 11.9 Å². The minimum absolute atomic E-state index is 0.0961. The van der Waals surface area contributed by atoms with Crippen molar-refractivity contribution >= 4 is 17.2 Å². The van der Waals surface area contributed by atoms with Crippen LogP contribution in [0.3, 0.4) is 0 Å². The van der Waals surface area contributed by atoms with Gasteiger partial charge < -0.3 is 10.6 Å². The zero-order valence-electron chi connectivity index (χ0n) is 12.3. The quantitative estimate of drug-likeness (QED) is 0.946. The summed E-state index contributed by atoms with van der Waals surface area (Å²) in [5, 5.41) is 2.49. The molecule has 1 aromatic heterocycles. The second-order valence-corrected chi connectivity index (χ2v) is 6.64. The van der Waals surface area contributed by atoms with Crippen LogP contribution in [0.5, 0.6) is 0 Å². The number of nitrogens with zero attached hydrogens (tertiary/aromatic N) is 2. The lowest BCUT2D eigenvalue weighted by Gasteiger charge is -2.24. The maximum atomic E-state index is 13.5. The lowest BCUT2D eigenvalue weighted by molar-refractivity contribution is 0.0726. The van der Waals surface area contributed by atoms with Crippen molar-refractivity contribution in [1.29, 1.82) is 0 Å². The average molecular weight is 319 g/mol. The van der Waals surface area contributed by atoms with Gasteiger partial charge in [0, 0.05) is 18.5 Å². The minimum Gasteiger partial charge on any atom is -0.330 e. The van der Waals surface area contributed by atoms with E-state index in [1.54, 1.807) is 16.3 Å². The van der Waals surface area contributed by atoms with Gasteiger partial charge in [-0.2, -0.15) is 0 Å². The second-order valence-electron chi connectivity index (χ2n) is 5.70. The Morgan fingerprint density at radius 2 is 2.36 bits per heavy atom. The molecule has 0 saturated carbocycles. The molecule has 6 heteroatoms. The van der Waals surface area contributed by atoms with Crippen molar-refractivity contribution in [2.24, 2.45) is 11.7 Å². The molecule has 0 spiro atoms. The van der Waals surface area contributed by atoms with Crippen LogP contribution in [-0.2, 0) is 6.54 Å². The van der Waals surface area contributed by atoms with E-state index < -0.39 is 0 Å². The second kappa shape index (κ2) is 6.14. The van der Waals surface area contributed by atoms with Crippen molar-refractivity contribution in [2.75, 3.05) is 6.54 Å². The van der Waals surface area contributed by atoms with Gasteiger partial charge in [-0.05, 0) is 30.0 Å². The van der Waals surface area contributed by atoms with Crippen LogP contribution in [0.25, 0.3) is 0 Å². The lowest BCUT2D eigenvalue weighted by Crippen LogP contribution is -2.31. The molecule has 1 aromatic carbocycles. The molecule has 1 saturated heterocycles. The molecule has 1 amide bonds. The van der Waals surface area contributed by atoms with Gasteiger partial charge in [0.05, 0.1) is 6.04 Å². The molecule has 22 heavy (non-hydrogen) atoms. The maximum absolute atomic E-state index is 13.5. The zero-order chi connectivity index (χ0) is 15.7. The summed E-state index contributed by atoms with van der Waals surface area (Å²) in [6.45, 7) is 3.10. The van der Waals surface area contributed by atoms with E-state index in [-0.39, 0.29) is 17.8 Å². The minimum atomic E-state index is -0.275. The molecule has 116 valence electrons. The first-order valence-electron chi connectivity index (χ1n) is 7.29. The number of halogens is 1. The van der Waals surface area contributed by atoms with Crippen LogP contribution in [0.4, 0.5) is 4.39 Å². The Kier molecular flexibility index (Phi) is 4.22. The van der Waals surface area contributed by atoms with E-state index in [1.165, 1.54) is 23.5 Å². The first-order valence-corrected chi connectivity index (χ1v) is 8.17. The molecule has 4 nitrogen and oxygen atoms in total. The molecule has 2 heterocycles. The summed E-state index contributed by atoms with van der Waals surface area (Å²) in [5.41, 5.74) is 6.83. The zero-order valence-corrected chi connectivity index (χ0v) is 13.1. The Morgan fingerprint density at radius 3 is 3.05 bits per heavy atom. The van der Waals surface area contributed by atoms with Crippen molar-refractivity contribution in [3.8, 4) is 0 Å². The number of hydrogen-bond donors (Lipinski definition) is 1. The number of aromatic nitrogens is 1. The van der Waals surface area contributed by atoms with Crippen LogP contribution in [0.15, 0.2) is 29.6 Å². The van der Waals surface area contributed by atoms with Gasteiger partial charge in [-0.1, -0.05) is 19.1 Å². The molecule has 0 unspecified atom stereocenters. The highest BCUT2D eigenvalue weighted by atomic mass is 32.1. The predicted octanol–water partition coefficient (Wildman–Crippen LogP) is 2.96. The van der Waals surface area contributed by atoms with Crippen LogP contribution in [0.2, 0.25) is 0 Å². The van der Waals surface area contributed by atoms with Crippen molar-refractivity contribution in [2.45, 2.75) is 25.9 Å². The maximum Gasteiger partial charge on any atom is 0.273 e. The monoisotopic (exact) mass is 319 g/mol. The first kappa shape index (κ1) is 15.1. The molecule has 2 aromatic rings. The molecule has 2 N–H and O–H groups in total. The van der Waals surface area contributed by atoms with Crippen LogP contribution in [-0.4, -0.2) is 22.3 Å². The summed E-state index contributed by atoms with van der Waals surface area (Å²) in [4.78, 5) is 18.8. The highest BCUT2D eigenvalue weighted by molar-refractivity contribution is 7.09. The van der Waals surface area contributed by atoms with Crippen LogP contribution in [0, 0.1) is 11.7 Å². The molecular formula is C16H18FN3OS. The third-order valence-corrected chi connectivity index (χ3v) is 4.82. The molecule has 2 atom stereocenters. The fraction of sp³-hybridized carbons (Fsp3) is 0.375. The predicted molar refractivity (Wildman–Crippen MR) is 84.0 cm³/mol. The summed E-state index contributed by atoms with van der Waals surface area (Å²) in [7, 11) is 0. The van der Waals surface area contributed by atoms with Crippen molar-refractivity contribution in [3.63, 3.8) is 0 Å². The number of thiazole rings is 1. The van der Waals surface area contributed by atoms with Gasteiger partial charge in [-0.25, -0.2) is 9.37 Å². The summed E-state index contributed by atoms with van der Waals surface area (Å²) in [5.74, 6) is 0.00271. The van der Waals surface area contributed by atoms with Crippen molar-refractivity contribution in [1.82, 2.24) is 9.88 Å².